The molecule has 0 amide bonds. The van der Waals surface area contributed by atoms with E-state index in [0.29, 0.717) is 0 Å². The summed E-state index contributed by atoms with van der Waals surface area (Å²) in [6, 6.07) is 14.8. The summed E-state index contributed by atoms with van der Waals surface area (Å²) in [5.74, 6) is 0. The molecule has 1 aliphatic heterocycles. The van der Waals surface area contributed by atoms with E-state index in [-0.39, 0.29) is 0 Å². The van der Waals surface area contributed by atoms with Gasteiger partial charge in [0.1, 0.15) is 0 Å². The predicted molar refractivity (Wildman–Crippen MR) is 92.9 cm³/mol. The number of rotatable bonds is 4. The molecular weight excluding hydrogens is 288 g/mol. The zero-order valence-electron chi connectivity index (χ0n) is 13.0. The van der Waals surface area contributed by atoms with Gasteiger partial charge in [0.05, 0.1) is 24.9 Å². The predicted octanol–water partition coefficient (Wildman–Crippen LogP) is 3.01. The number of nitrogens with zero attached hydrogens (tertiary/aromatic N) is 2. The molecule has 0 bridgehead atoms. The first-order valence-electron chi connectivity index (χ1n) is 7.98. The van der Waals surface area contributed by atoms with Crippen LogP contribution in [0.15, 0.2) is 48.7 Å². The second-order valence-corrected chi connectivity index (χ2v) is 5.75. The normalized spacial score (nSPS) is 15.0. The third-order valence-electron chi connectivity index (χ3n) is 4.27. The maximum atomic E-state index is 5.46. The highest BCUT2D eigenvalue weighted by atomic mass is 16.5. The standard InChI is InChI=1S/C18H20N4O/c1-2-4-18(22-7-9-23-10-8-22)14(3-1)12-19-16-5-6-17-15(11-16)13-20-21-17/h1-6,11,13,19H,7-10,12H2,(H,20,21). The first-order valence-corrected chi connectivity index (χ1v) is 7.98. The number of anilines is 2. The SMILES string of the molecule is c1ccc(N2CCOCC2)c(CNc2ccc3[nH]ncc3c2)c1. The molecule has 5 heteroatoms. The highest BCUT2D eigenvalue weighted by Gasteiger charge is 2.14. The van der Waals surface area contributed by atoms with E-state index in [2.05, 4.69) is 62.9 Å². The average molecular weight is 308 g/mol. The number of hydrogen-bond donors (Lipinski definition) is 2. The topological polar surface area (TPSA) is 53.2 Å². The van der Waals surface area contributed by atoms with Gasteiger partial charge in [-0.1, -0.05) is 18.2 Å². The van der Waals surface area contributed by atoms with Gasteiger partial charge in [-0.3, -0.25) is 5.10 Å². The van der Waals surface area contributed by atoms with Gasteiger partial charge in [-0.2, -0.15) is 5.10 Å². The fraction of sp³-hybridized carbons (Fsp3) is 0.278. The molecule has 4 rings (SSSR count). The maximum absolute atomic E-state index is 5.46. The largest absolute Gasteiger partial charge is 0.381 e. The third kappa shape index (κ3) is 3.00. The van der Waals surface area contributed by atoms with Crippen molar-refractivity contribution in [3.63, 3.8) is 0 Å². The summed E-state index contributed by atoms with van der Waals surface area (Å²) in [6.45, 7) is 4.32. The average Bonchev–Trinajstić information content (AvgIpc) is 3.09. The molecule has 3 aromatic rings. The number of morpholine rings is 1. The van der Waals surface area contributed by atoms with Crippen LogP contribution in [0.3, 0.4) is 0 Å². The van der Waals surface area contributed by atoms with Crippen molar-refractivity contribution >= 4 is 22.3 Å². The van der Waals surface area contributed by atoms with Gasteiger partial charge in [0.25, 0.3) is 0 Å². The molecule has 0 radical (unpaired) electrons. The first kappa shape index (κ1) is 14.1. The number of aromatic nitrogens is 2. The molecule has 0 atom stereocenters. The van der Waals surface area contributed by atoms with Crippen molar-refractivity contribution in [1.29, 1.82) is 0 Å². The van der Waals surface area contributed by atoms with Gasteiger partial charge in [-0.25, -0.2) is 0 Å². The quantitative estimate of drug-likeness (QED) is 0.778. The zero-order valence-corrected chi connectivity index (χ0v) is 13.0. The van der Waals surface area contributed by atoms with Crippen LogP contribution in [0.1, 0.15) is 5.56 Å². The lowest BCUT2D eigenvalue weighted by molar-refractivity contribution is 0.122. The van der Waals surface area contributed by atoms with Gasteiger partial charge in [0, 0.05) is 36.4 Å². The molecule has 0 spiro atoms. The van der Waals surface area contributed by atoms with Crippen molar-refractivity contribution in [3.8, 4) is 0 Å². The van der Waals surface area contributed by atoms with Crippen molar-refractivity contribution in [2.24, 2.45) is 0 Å². The van der Waals surface area contributed by atoms with Crippen LogP contribution in [0.25, 0.3) is 10.9 Å². The van der Waals surface area contributed by atoms with Gasteiger partial charge in [-0.15, -0.1) is 0 Å². The van der Waals surface area contributed by atoms with Gasteiger partial charge < -0.3 is 15.0 Å². The second kappa shape index (κ2) is 6.30. The lowest BCUT2D eigenvalue weighted by Gasteiger charge is -2.30. The fourth-order valence-electron chi connectivity index (χ4n) is 3.02. The van der Waals surface area contributed by atoms with Crippen LogP contribution in [0, 0.1) is 0 Å². The summed E-state index contributed by atoms with van der Waals surface area (Å²) in [5, 5.41) is 11.7. The number of hydrogen-bond acceptors (Lipinski definition) is 4. The van der Waals surface area contributed by atoms with E-state index in [1.54, 1.807) is 0 Å². The fourth-order valence-corrected chi connectivity index (χ4v) is 3.02. The minimum Gasteiger partial charge on any atom is -0.381 e. The minimum absolute atomic E-state index is 0.802. The molecule has 5 nitrogen and oxygen atoms in total. The Hall–Kier alpha value is -2.53. The number of aromatic amines is 1. The number of para-hydroxylation sites is 1. The molecule has 2 heterocycles. The van der Waals surface area contributed by atoms with Crippen molar-refractivity contribution < 1.29 is 4.74 Å². The van der Waals surface area contributed by atoms with E-state index in [1.165, 1.54) is 11.3 Å². The number of nitrogens with one attached hydrogen (secondary N) is 2. The Morgan fingerprint density at radius 1 is 1.13 bits per heavy atom. The van der Waals surface area contributed by atoms with Crippen LogP contribution < -0.4 is 10.2 Å². The summed E-state index contributed by atoms with van der Waals surface area (Å²) in [6.07, 6.45) is 1.85. The van der Waals surface area contributed by atoms with Crippen molar-refractivity contribution in [2.75, 3.05) is 36.5 Å². The van der Waals surface area contributed by atoms with Crippen LogP contribution in [-0.2, 0) is 11.3 Å². The van der Waals surface area contributed by atoms with Crippen molar-refractivity contribution in [3.05, 3.63) is 54.2 Å². The molecule has 2 N–H and O–H groups in total. The molecule has 0 saturated carbocycles. The monoisotopic (exact) mass is 308 g/mol. The smallest absolute Gasteiger partial charge is 0.0651 e. The molecule has 1 fully saturated rings. The van der Waals surface area contributed by atoms with Crippen LogP contribution in [-0.4, -0.2) is 36.5 Å². The first-order chi connectivity index (χ1) is 11.4. The van der Waals surface area contributed by atoms with Gasteiger partial charge in [-0.05, 0) is 29.8 Å². The summed E-state index contributed by atoms with van der Waals surface area (Å²) >= 11 is 0. The highest BCUT2D eigenvalue weighted by Crippen LogP contribution is 2.23. The Bertz CT molecular complexity index is 792. The van der Waals surface area contributed by atoms with Gasteiger partial charge in [0.15, 0.2) is 0 Å². The van der Waals surface area contributed by atoms with E-state index >= 15 is 0 Å². The molecule has 0 aliphatic carbocycles. The number of fused-ring (bicyclic) bond motifs is 1. The van der Waals surface area contributed by atoms with Crippen molar-refractivity contribution in [1.82, 2.24) is 10.2 Å². The molecule has 2 aromatic carbocycles. The summed E-state index contributed by atoms with van der Waals surface area (Å²) in [4.78, 5) is 2.40. The van der Waals surface area contributed by atoms with Crippen molar-refractivity contribution in [2.45, 2.75) is 6.54 Å². The molecule has 1 aliphatic rings. The van der Waals surface area contributed by atoms with Crippen LogP contribution in [0.4, 0.5) is 11.4 Å². The zero-order chi connectivity index (χ0) is 15.5. The Kier molecular flexibility index (Phi) is 3.86. The van der Waals surface area contributed by atoms with E-state index in [9.17, 15) is 0 Å². The number of ether oxygens (including phenoxy) is 1. The molecule has 23 heavy (non-hydrogen) atoms. The summed E-state index contributed by atoms with van der Waals surface area (Å²) in [5.41, 5.74) is 4.77. The molecule has 1 aromatic heterocycles. The van der Waals surface area contributed by atoms with Crippen LogP contribution >= 0.6 is 0 Å². The molecule has 1 saturated heterocycles. The number of H-pyrrole nitrogens is 1. The van der Waals surface area contributed by atoms with Gasteiger partial charge >= 0.3 is 0 Å². The third-order valence-corrected chi connectivity index (χ3v) is 4.27. The van der Waals surface area contributed by atoms with E-state index in [1.807, 2.05) is 6.20 Å². The second-order valence-electron chi connectivity index (χ2n) is 5.75. The highest BCUT2D eigenvalue weighted by molar-refractivity contribution is 5.81. The molecular formula is C18H20N4O. The minimum atomic E-state index is 0.802. The Morgan fingerprint density at radius 2 is 2.00 bits per heavy atom. The number of benzene rings is 2. The Labute approximate surface area is 135 Å². The lowest BCUT2D eigenvalue weighted by atomic mass is 10.1. The van der Waals surface area contributed by atoms with Crippen LogP contribution in [0.5, 0.6) is 0 Å². The summed E-state index contributed by atoms with van der Waals surface area (Å²) < 4.78 is 5.46. The maximum Gasteiger partial charge on any atom is 0.0651 e. The van der Waals surface area contributed by atoms with Crippen LogP contribution in [0.2, 0.25) is 0 Å². The molecule has 0 unspecified atom stereocenters. The van der Waals surface area contributed by atoms with E-state index < -0.39 is 0 Å². The lowest BCUT2D eigenvalue weighted by Crippen LogP contribution is -2.36. The summed E-state index contributed by atoms with van der Waals surface area (Å²) in [7, 11) is 0. The Morgan fingerprint density at radius 3 is 2.91 bits per heavy atom. The van der Waals surface area contributed by atoms with E-state index in [0.717, 1.165) is 49.4 Å². The Balaban J connectivity index is 1.51. The molecule has 118 valence electrons. The van der Waals surface area contributed by atoms with Gasteiger partial charge in [0.2, 0.25) is 0 Å². The van der Waals surface area contributed by atoms with E-state index in [4.69, 9.17) is 4.74 Å².